The van der Waals surface area contributed by atoms with Crippen molar-refractivity contribution in [1.29, 1.82) is 0 Å². The predicted octanol–water partition coefficient (Wildman–Crippen LogP) is 4.32. The van der Waals surface area contributed by atoms with E-state index in [9.17, 15) is 4.79 Å². The number of benzene rings is 1. The van der Waals surface area contributed by atoms with Gasteiger partial charge in [0.2, 0.25) is 0 Å². The van der Waals surface area contributed by atoms with Crippen LogP contribution in [0.1, 0.15) is 48.9 Å². The number of hydrogen-bond acceptors (Lipinski definition) is 2. The van der Waals surface area contributed by atoms with E-state index in [1.807, 2.05) is 42.3 Å². The molecule has 0 aliphatic carbocycles. The molecule has 0 saturated carbocycles. The lowest BCUT2D eigenvalue weighted by Crippen LogP contribution is -2.32. The quantitative estimate of drug-likeness (QED) is 0.747. The standard InChI is InChI=1S/C19H26ClN3O/c1-5-9-23(13-15-7-6-8-16(20)11-15)19(24)18-12-17(10-14(2)3)21-22(18)4/h6-8,11-12,14H,5,9-10,13H2,1-4H3. The van der Waals surface area contributed by atoms with E-state index in [-0.39, 0.29) is 5.91 Å². The molecule has 2 rings (SSSR count). The first-order valence-corrected chi connectivity index (χ1v) is 8.85. The lowest BCUT2D eigenvalue weighted by molar-refractivity contribution is 0.0732. The zero-order chi connectivity index (χ0) is 17.7. The van der Waals surface area contributed by atoms with Crippen LogP contribution in [0.2, 0.25) is 5.02 Å². The fraction of sp³-hybridized carbons (Fsp3) is 0.474. The lowest BCUT2D eigenvalue weighted by atomic mass is 10.1. The van der Waals surface area contributed by atoms with Gasteiger partial charge < -0.3 is 4.90 Å². The number of carbonyl (C=O) groups excluding carboxylic acids is 1. The van der Waals surface area contributed by atoms with Gasteiger partial charge in [-0.25, -0.2) is 0 Å². The molecule has 0 radical (unpaired) electrons. The zero-order valence-corrected chi connectivity index (χ0v) is 15.7. The predicted molar refractivity (Wildman–Crippen MR) is 98.2 cm³/mol. The minimum atomic E-state index is 0.0156. The third kappa shape index (κ3) is 4.84. The van der Waals surface area contributed by atoms with Gasteiger partial charge in [0.05, 0.1) is 5.69 Å². The van der Waals surface area contributed by atoms with E-state index in [1.54, 1.807) is 4.68 Å². The van der Waals surface area contributed by atoms with Crippen molar-refractivity contribution >= 4 is 17.5 Å². The normalized spacial score (nSPS) is 11.1. The molecule has 0 spiro atoms. The van der Waals surface area contributed by atoms with E-state index < -0.39 is 0 Å². The molecular weight excluding hydrogens is 322 g/mol. The van der Waals surface area contributed by atoms with Crippen molar-refractivity contribution < 1.29 is 4.79 Å². The van der Waals surface area contributed by atoms with Crippen molar-refractivity contribution in [3.63, 3.8) is 0 Å². The van der Waals surface area contributed by atoms with Gasteiger partial charge >= 0.3 is 0 Å². The summed E-state index contributed by atoms with van der Waals surface area (Å²) in [7, 11) is 1.83. The molecular formula is C19H26ClN3O. The van der Waals surface area contributed by atoms with Crippen LogP contribution in [0.25, 0.3) is 0 Å². The second kappa shape index (κ2) is 8.34. The molecule has 4 nitrogen and oxygen atoms in total. The molecule has 0 N–H and O–H groups in total. The summed E-state index contributed by atoms with van der Waals surface area (Å²) in [4.78, 5) is 14.8. The van der Waals surface area contributed by atoms with E-state index in [4.69, 9.17) is 11.6 Å². The summed E-state index contributed by atoms with van der Waals surface area (Å²) in [6, 6.07) is 9.58. The molecule has 0 fully saturated rings. The molecule has 5 heteroatoms. The fourth-order valence-electron chi connectivity index (χ4n) is 2.78. The van der Waals surface area contributed by atoms with Crippen molar-refractivity contribution in [2.24, 2.45) is 13.0 Å². The minimum absolute atomic E-state index is 0.0156. The Morgan fingerprint density at radius 1 is 1.33 bits per heavy atom. The largest absolute Gasteiger partial charge is 0.333 e. The van der Waals surface area contributed by atoms with Crippen LogP contribution >= 0.6 is 11.6 Å². The Morgan fingerprint density at radius 2 is 2.08 bits per heavy atom. The highest BCUT2D eigenvalue weighted by Gasteiger charge is 2.20. The van der Waals surface area contributed by atoms with Gasteiger partial charge in [-0.1, -0.05) is 44.5 Å². The smallest absolute Gasteiger partial charge is 0.272 e. The Kier molecular flexibility index (Phi) is 6.44. The van der Waals surface area contributed by atoms with E-state index in [0.717, 1.165) is 24.1 Å². The van der Waals surface area contributed by atoms with Crippen LogP contribution in [-0.2, 0) is 20.0 Å². The average Bonchev–Trinajstić information content (AvgIpc) is 2.86. The highest BCUT2D eigenvalue weighted by molar-refractivity contribution is 6.30. The van der Waals surface area contributed by atoms with Crippen LogP contribution in [0.15, 0.2) is 30.3 Å². The lowest BCUT2D eigenvalue weighted by Gasteiger charge is -2.22. The van der Waals surface area contributed by atoms with E-state index in [0.29, 0.717) is 29.7 Å². The Balaban J connectivity index is 2.21. The number of rotatable bonds is 7. The van der Waals surface area contributed by atoms with Gasteiger partial charge in [-0.2, -0.15) is 5.10 Å². The Bertz CT molecular complexity index is 694. The van der Waals surface area contributed by atoms with Gasteiger partial charge in [0.1, 0.15) is 5.69 Å². The molecule has 0 saturated heterocycles. The molecule has 0 bridgehead atoms. The summed E-state index contributed by atoms with van der Waals surface area (Å²) < 4.78 is 1.70. The van der Waals surface area contributed by atoms with Crippen LogP contribution in [0, 0.1) is 5.92 Å². The minimum Gasteiger partial charge on any atom is -0.333 e. The molecule has 1 aromatic carbocycles. The molecule has 0 atom stereocenters. The molecule has 2 aromatic rings. The number of aromatic nitrogens is 2. The molecule has 0 aliphatic heterocycles. The number of aryl methyl sites for hydroxylation is 1. The summed E-state index contributed by atoms with van der Waals surface area (Å²) in [6.45, 7) is 7.64. The fourth-order valence-corrected chi connectivity index (χ4v) is 3.00. The number of nitrogens with zero attached hydrogens (tertiary/aromatic N) is 3. The zero-order valence-electron chi connectivity index (χ0n) is 14.9. The number of hydrogen-bond donors (Lipinski definition) is 0. The SMILES string of the molecule is CCCN(Cc1cccc(Cl)c1)C(=O)c1cc(CC(C)C)nn1C. The van der Waals surface area contributed by atoms with Crippen LogP contribution in [0.4, 0.5) is 0 Å². The molecule has 130 valence electrons. The first-order valence-electron chi connectivity index (χ1n) is 8.47. The van der Waals surface area contributed by atoms with Gasteiger partial charge in [0, 0.05) is 25.2 Å². The van der Waals surface area contributed by atoms with Gasteiger partial charge in [-0.05, 0) is 42.5 Å². The first kappa shape index (κ1) is 18.5. The topological polar surface area (TPSA) is 38.1 Å². The molecule has 24 heavy (non-hydrogen) atoms. The maximum Gasteiger partial charge on any atom is 0.272 e. The molecule has 0 unspecified atom stereocenters. The maximum atomic E-state index is 13.0. The van der Waals surface area contributed by atoms with Crippen LogP contribution in [0.3, 0.4) is 0 Å². The summed E-state index contributed by atoms with van der Waals surface area (Å²) in [5, 5.41) is 5.17. The van der Waals surface area contributed by atoms with Crippen LogP contribution in [-0.4, -0.2) is 27.1 Å². The second-order valence-corrected chi connectivity index (χ2v) is 7.04. The maximum absolute atomic E-state index is 13.0. The summed E-state index contributed by atoms with van der Waals surface area (Å²) in [6.07, 6.45) is 1.78. The monoisotopic (exact) mass is 347 g/mol. The molecule has 1 heterocycles. The van der Waals surface area contributed by atoms with E-state index in [1.165, 1.54) is 0 Å². The summed E-state index contributed by atoms with van der Waals surface area (Å²) in [5.41, 5.74) is 2.64. The Hall–Kier alpha value is -1.81. The molecule has 0 aliphatic rings. The third-order valence-electron chi connectivity index (χ3n) is 3.81. The van der Waals surface area contributed by atoms with Gasteiger partial charge in [0.15, 0.2) is 0 Å². The number of halogens is 1. The molecule has 1 aromatic heterocycles. The van der Waals surface area contributed by atoms with Crippen molar-refractivity contribution in [2.45, 2.75) is 40.2 Å². The van der Waals surface area contributed by atoms with Crippen LogP contribution < -0.4 is 0 Å². The molecule has 1 amide bonds. The van der Waals surface area contributed by atoms with Crippen molar-refractivity contribution in [3.05, 3.63) is 52.3 Å². The highest BCUT2D eigenvalue weighted by Crippen LogP contribution is 2.16. The average molecular weight is 348 g/mol. The van der Waals surface area contributed by atoms with E-state index >= 15 is 0 Å². The second-order valence-electron chi connectivity index (χ2n) is 6.60. The third-order valence-corrected chi connectivity index (χ3v) is 4.05. The van der Waals surface area contributed by atoms with Gasteiger partial charge in [-0.15, -0.1) is 0 Å². The Labute approximate surface area is 149 Å². The number of amides is 1. The van der Waals surface area contributed by atoms with E-state index in [2.05, 4.69) is 25.9 Å². The van der Waals surface area contributed by atoms with Crippen molar-refractivity contribution in [2.75, 3.05) is 6.54 Å². The van der Waals surface area contributed by atoms with Gasteiger partial charge in [0.25, 0.3) is 5.91 Å². The number of carbonyl (C=O) groups is 1. The van der Waals surface area contributed by atoms with Crippen molar-refractivity contribution in [1.82, 2.24) is 14.7 Å². The van der Waals surface area contributed by atoms with Crippen LogP contribution in [0.5, 0.6) is 0 Å². The summed E-state index contributed by atoms with van der Waals surface area (Å²) in [5.74, 6) is 0.530. The highest BCUT2D eigenvalue weighted by atomic mass is 35.5. The van der Waals surface area contributed by atoms with Crippen molar-refractivity contribution in [3.8, 4) is 0 Å². The first-order chi connectivity index (χ1) is 11.4. The Morgan fingerprint density at radius 3 is 2.71 bits per heavy atom. The van der Waals surface area contributed by atoms with Gasteiger partial charge in [-0.3, -0.25) is 9.48 Å². The summed E-state index contributed by atoms with van der Waals surface area (Å²) >= 11 is 6.06.